The predicted octanol–water partition coefficient (Wildman–Crippen LogP) is 4.29. The number of para-hydroxylation sites is 1. The molecule has 3 aromatic rings. The van der Waals surface area contributed by atoms with Gasteiger partial charge < -0.3 is 15.5 Å². The molecule has 31 heavy (non-hydrogen) atoms. The van der Waals surface area contributed by atoms with Gasteiger partial charge in [0.1, 0.15) is 0 Å². The zero-order chi connectivity index (χ0) is 22.5. The molecule has 0 atom stereocenters. The fourth-order valence-corrected chi connectivity index (χ4v) is 3.38. The van der Waals surface area contributed by atoms with E-state index in [1.807, 2.05) is 62.7 Å². The maximum Gasteiger partial charge on any atom is 0.319 e. The van der Waals surface area contributed by atoms with Crippen LogP contribution in [0.15, 0.2) is 54.6 Å². The van der Waals surface area contributed by atoms with Crippen LogP contribution in [0, 0.1) is 13.8 Å². The number of benzene rings is 2. The second kappa shape index (κ2) is 9.47. The number of nitrogens with zero attached hydrogens (tertiary/aromatic N) is 3. The topological polar surface area (TPSA) is 79.3 Å². The van der Waals surface area contributed by atoms with Crippen molar-refractivity contribution in [2.75, 3.05) is 12.4 Å². The molecular weight excluding hydrogens is 390 g/mol. The maximum absolute atomic E-state index is 12.9. The molecule has 0 spiro atoms. The Balaban J connectivity index is 1.70. The van der Waals surface area contributed by atoms with Crippen molar-refractivity contribution < 1.29 is 9.59 Å². The highest BCUT2D eigenvalue weighted by atomic mass is 16.2. The van der Waals surface area contributed by atoms with Gasteiger partial charge >= 0.3 is 6.03 Å². The van der Waals surface area contributed by atoms with Crippen LogP contribution in [-0.2, 0) is 6.54 Å². The molecule has 0 unspecified atom stereocenters. The average Bonchev–Trinajstić information content (AvgIpc) is 3.02. The molecule has 3 rings (SSSR count). The molecule has 0 saturated heterocycles. The molecule has 3 amide bonds. The highest BCUT2D eigenvalue weighted by molar-refractivity contribution is 5.95. The minimum atomic E-state index is -0.271. The first-order valence-corrected chi connectivity index (χ1v) is 10.3. The third-order valence-corrected chi connectivity index (χ3v) is 4.99. The van der Waals surface area contributed by atoms with Gasteiger partial charge in [0.05, 0.1) is 11.4 Å². The van der Waals surface area contributed by atoms with Gasteiger partial charge in [0.15, 0.2) is 0 Å². The predicted molar refractivity (Wildman–Crippen MR) is 123 cm³/mol. The van der Waals surface area contributed by atoms with Crippen LogP contribution in [0.3, 0.4) is 0 Å². The summed E-state index contributed by atoms with van der Waals surface area (Å²) < 4.78 is 1.91. The Morgan fingerprint density at radius 3 is 2.29 bits per heavy atom. The van der Waals surface area contributed by atoms with Gasteiger partial charge in [-0.2, -0.15) is 5.10 Å². The molecule has 1 aromatic heterocycles. The molecule has 1 heterocycles. The summed E-state index contributed by atoms with van der Waals surface area (Å²) in [5.74, 6) is -0.0931. The number of hydrogen-bond donors (Lipinski definition) is 2. The lowest BCUT2D eigenvalue weighted by Gasteiger charge is -2.18. The number of aromatic nitrogens is 2. The lowest BCUT2D eigenvalue weighted by molar-refractivity contribution is 0.0784. The second-order valence-corrected chi connectivity index (χ2v) is 7.89. The van der Waals surface area contributed by atoms with Gasteiger partial charge in [0.2, 0.25) is 0 Å². The Kier molecular flexibility index (Phi) is 6.74. The van der Waals surface area contributed by atoms with Crippen molar-refractivity contribution in [1.82, 2.24) is 20.0 Å². The smallest absolute Gasteiger partial charge is 0.319 e. The lowest BCUT2D eigenvalue weighted by Crippen LogP contribution is -2.34. The Morgan fingerprint density at radius 1 is 1.03 bits per heavy atom. The number of carbonyl (C=O) groups excluding carboxylic acids is 2. The van der Waals surface area contributed by atoms with Gasteiger partial charge in [-0.05, 0) is 64.1 Å². The van der Waals surface area contributed by atoms with Crippen LogP contribution >= 0.6 is 0 Å². The zero-order valence-electron chi connectivity index (χ0n) is 18.6. The van der Waals surface area contributed by atoms with Crippen molar-refractivity contribution in [3.8, 4) is 5.69 Å². The second-order valence-electron chi connectivity index (χ2n) is 7.89. The first kappa shape index (κ1) is 22.1. The zero-order valence-corrected chi connectivity index (χ0v) is 18.6. The van der Waals surface area contributed by atoms with Crippen LogP contribution in [0.25, 0.3) is 5.69 Å². The van der Waals surface area contributed by atoms with Crippen molar-refractivity contribution in [2.45, 2.75) is 40.3 Å². The van der Waals surface area contributed by atoms with Crippen LogP contribution < -0.4 is 10.6 Å². The van der Waals surface area contributed by atoms with E-state index >= 15 is 0 Å². The Bertz CT molecular complexity index is 1060. The molecule has 162 valence electrons. The monoisotopic (exact) mass is 419 g/mol. The van der Waals surface area contributed by atoms with Gasteiger partial charge in [-0.15, -0.1) is 0 Å². The minimum Gasteiger partial charge on any atom is -0.337 e. The fourth-order valence-electron chi connectivity index (χ4n) is 3.38. The summed E-state index contributed by atoms with van der Waals surface area (Å²) in [5.41, 5.74) is 5.13. The van der Waals surface area contributed by atoms with Gasteiger partial charge in [-0.1, -0.05) is 18.2 Å². The molecule has 0 radical (unpaired) electrons. The fraction of sp³-hybridized carbons (Fsp3) is 0.292. The summed E-state index contributed by atoms with van der Waals surface area (Å²) >= 11 is 0. The number of amides is 3. The van der Waals surface area contributed by atoms with Gasteiger partial charge in [-0.25, -0.2) is 9.48 Å². The molecule has 2 aromatic carbocycles. The molecule has 0 aliphatic carbocycles. The molecule has 7 heteroatoms. The third kappa shape index (κ3) is 5.31. The minimum absolute atomic E-state index is 0.0488. The van der Waals surface area contributed by atoms with Gasteiger partial charge in [-0.3, -0.25) is 4.79 Å². The van der Waals surface area contributed by atoms with Crippen LogP contribution in [0.2, 0.25) is 0 Å². The Morgan fingerprint density at radius 2 is 1.68 bits per heavy atom. The molecule has 0 bridgehead atoms. The summed E-state index contributed by atoms with van der Waals surface area (Å²) in [4.78, 5) is 26.4. The average molecular weight is 420 g/mol. The Hall–Kier alpha value is -3.61. The van der Waals surface area contributed by atoms with Crippen LogP contribution in [0.5, 0.6) is 0 Å². The first-order chi connectivity index (χ1) is 14.8. The van der Waals surface area contributed by atoms with Crippen LogP contribution in [0.4, 0.5) is 10.5 Å². The number of aryl methyl sites for hydroxylation is 1. The van der Waals surface area contributed by atoms with E-state index in [4.69, 9.17) is 0 Å². The van der Waals surface area contributed by atoms with Crippen molar-refractivity contribution in [3.63, 3.8) is 0 Å². The van der Waals surface area contributed by atoms with Crippen LogP contribution in [0.1, 0.15) is 41.2 Å². The molecule has 0 saturated carbocycles. The SMILES string of the molecule is Cc1nn(-c2ccccc2)c(C)c1CN(C)C(=O)c1ccc(NC(=O)NC(C)C)cc1. The number of urea groups is 1. The van der Waals surface area contributed by atoms with Gasteiger partial charge in [0, 0.05) is 42.1 Å². The molecule has 2 N–H and O–H groups in total. The van der Waals surface area contributed by atoms with E-state index in [1.165, 1.54) is 0 Å². The lowest BCUT2D eigenvalue weighted by atomic mass is 10.1. The molecule has 0 fully saturated rings. The number of nitrogens with one attached hydrogen (secondary N) is 2. The summed E-state index contributed by atoms with van der Waals surface area (Å²) in [6.45, 7) is 8.22. The van der Waals surface area contributed by atoms with Crippen molar-refractivity contribution in [2.24, 2.45) is 0 Å². The summed E-state index contributed by atoms with van der Waals surface area (Å²) in [6, 6.07) is 16.6. The van der Waals surface area contributed by atoms with E-state index in [0.717, 1.165) is 22.6 Å². The number of rotatable bonds is 6. The van der Waals surface area contributed by atoms with E-state index in [2.05, 4.69) is 15.7 Å². The van der Waals surface area contributed by atoms with Crippen molar-refractivity contribution >= 4 is 17.6 Å². The summed E-state index contributed by atoms with van der Waals surface area (Å²) in [5, 5.41) is 10.2. The number of hydrogen-bond acceptors (Lipinski definition) is 3. The van der Waals surface area contributed by atoms with Gasteiger partial charge in [0.25, 0.3) is 5.91 Å². The standard InChI is InChI=1S/C24H29N5O2/c1-16(2)25-24(31)26-20-13-11-19(12-14-20)23(30)28(5)15-22-17(3)27-29(18(22)4)21-9-7-6-8-10-21/h6-14,16H,15H2,1-5H3,(H2,25,26,31). The van der Waals surface area contributed by atoms with Crippen molar-refractivity contribution in [3.05, 3.63) is 77.1 Å². The third-order valence-electron chi connectivity index (χ3n) is 4.99. The summed E-state index contributed by atoms with van der Waals surface area (Å²) in [7, 11) is 1.78. The first-order valence-electron chi connectivity index (χ1n) is 10.3. The normalized spacial score (nSPS) is 10.8. The van der Waals surface area contributed by atoms with E-state index < -0.39 is 0 Å². The Labute approximate surface area is 183 Å². The molecular formula is C24H29N5O2. The number of carbonyl (C=O) groups is 2. The highest BCUT2D eigenvalue weighted by Crippen LogP contribution is 2.20. The largest absolute Gasteiger partial charge is 0.337 e. The highest BCUT2D eigenvalue weighted by Gasteiger charge is 2.18. The quantitative estimate of drug-likeness (QED) is 0.625. The van der Waals surface area contributed by atoms with E-state index in [1.54, 1.807) is 36.2 Å². The van der Waals surface area contributed by atoms with E-state index in [-0.39, 0.29) is 18.0 Å². The molecule has 7 nitrogen and oxygen atoms in total. The maximum atomic E-state index is 12.9. The number of anilines is 1. The van der Waals surface area contributed by atoms with E-state index in [0.29, 0.717) is 17.8 Å². The summed E-state index contributed by atoms with van der Waals surface area (Å²) in [6.07, 6.45) is 0. The van der Waals surface area contributed by atoms with Crippen molar-refractivity contribution in [1.29, 1.82) is 0 Å². The molecule has 0 aliphatic heterocycles. The van der Waals surface area contributed by atoms with Crippen LogP contribution in [-0.4, -0.2) is 39.7 Å². The van der Waals surface area contributed by atoms with E-state index in [9.17, 15) is 9.59 Å². The molecule has 0 aliphatic rings.